The predicted molar refractivity (Wildman–Crippen MR) is 168 cm³/mol. The van der Waals surface area contributed by atoms with E-state index in [0.29, 0.717) is 24.2 Å². The Balaban J connectivity index is 1.49. The SMILES string of the molecule is C=C1CCC2[C@H](CCO[Si](c3ccccc3)(c3ccccc3)C(C)(C)C)C([C@@]3(C)CC[C@H](O)C[C@@H]3O)CC[C@]12C. The van der Waals surface area contributed by atoms with Gasteiger partial charge in [-0.3, -0.25) is 0 Å². The number of rotatable bonds is 7. The van der Waals surface area contributed by atoms with Crippen molar-refractivity contribution in [3.63, 3.8) is 0 Å². The molecule has 218 valence electrons. The third-order valence-corrected chi connectivity index (χ3v) is 16.7. The maximum atomic E-state index is 11.4. The summed E-state index contributed by atoms with van der Waals surface area (Å²) < 4.78 is 7.40. The molecule has 0 radical (unpaired) electrons. The molecule has 0 aliphatic heterocycles. The average molecular weight is 561 g/mol. The second-order valence-electron chi connectivity index (χ2n) is 14.7. The molecule has 3 saturated carbocycles. The van der Waals surface area contributed by atoms with Crippen molar-refractivity contribution in [1.29, 1.82) is 0 Å². The molecule has 2 aromatic carbocycles. The fourth-order valence-corrected chi connectivity index (χ4v) is 13.8. The normalized spacial score (nSPS) is 35.0. The molecule has 0 spiro atoms. The minimum absolute atomic E-state index is 0.0421. The smallest absolute Gasteiger partial charge is 0.261 e. The van der Waals surface area contributed by atoms with Crippen LogP contribution in [0, 0.1) is 28.6 Å². The summed E-state index contributed by atoms with van der Waals surface area (Å²) in [6, 6.07) is 21.9. The van der Waals surface area contributed by atoms with Crippen LogP contribution in [0.1, 0.15) is 86.0 Å². The summed E-state index contributed by atoms with van der Waals surface area (Å²) in [5, 5.41) is 24.3. The number of hydrogen-bond acceptors (Lipinski definition) is 3. The van der Waals surface area contributed by atoms with Crippen molar-refractivity contribution >= 4 is 18.7 Å². The molecule has 0 saturated heterocycles. The average Bonchev–Trinajstić information content (AvgIpc) is 3.23. The Morgan fingerprint density at radius 3 is 2.02 bits per heavy atom. The first-order valence-electron chi connectivity index (χ1n) is 15.7. The second-order valence-corrected chi connectivity index (χ2v) is 19.0. The lowest BCUT2D eigenvalue weighted by atomic mass is 9.50. The van der Waals surface area contributed by atoms with Crippen LogP contribution in [-0.4, -0.2) is 37.3 Å². The third kappa shape index (κ3) is 4.97. The van der Waals surface area contributed by atoms with Crippen molar-refractivity contribution in [2.75, 3.05) is 6.61 Å². The highest BCUT2D eigenvalue weighted by molar-refractivity contribution is 6.99. The molecule has 3 aliphatic rings. The molecule has 40 heavy (non-hydrogen) atoms. The Labute approximate surface area is 244 Å². The van der Waals surface area contributed by atoms with Gasteiger partial charge in [0.15, 0.2) is 0 Å². The quantitative estimate of drug-likeness (QED) is 0.287. The van der Waals surface area contributed by atoms with Gasteiger partial charge in [-0.1, -0.05) is 107 Å². The highest BCUT2D eigenvalue weighted by Gasteiger charge is 2.57. The van der Waals surface area contributed by atoms with Crippen LogP contribution in [-0.2, 0) is 4.43 Å². The fourth-order valence-electron chi connectivity index (χ4n) is 9.25. The van der Waals surface area contributed by atoms with E-state index in [1.807, 2.05) is 0 Å². The number of allylic oxidation sites excluding steroid dienone is 1. The van der Waals surface area contributed by atoms with Gasteiger partial charge in [0.05, 0.1) is 12.2 Å². The first-order valence-corrected chi connectivity index (χ1v) is 17.6. The highest BCUT2D eigenvalue weighted by atomic mass is 28.4. The lowest BCUT2D eigenvalue weighted by Crippen LogP contribution is -2.66. The molecule has 3 nitrogen and oxygen atoms in total. The summed E-state index contributed by atoms with van der Waals surface area (Å²) in [5.74, 6) is 1.49. The van der Waals surface area contributed by atoms with Crippen LogP contribution in [0.4, 0.5) is 0 Å². The molecule has 4 heteroatoms. The van der Waals surface area contributed by atoms with Crippen molar-refractivity contribution < 1.29 is 14.6 Å². The lowest BCUT2D eigenvalue weighted by molar-refractivity contribution is -0.121. The molecule has 0 bridgehead atoms. The Kier molecular flexibility index (Phi) is 8.31. The maximum absolute atomic E-state index is 11.4. The van der Waals surface area contributed by atoms with Gasteiger partial charge in [0.2, 0.25) is 0 Å². The predicted octanol–water partition coefficient (Wildman–Crippen LogP) is 6.86. The van der Waals surface area contributed by atoms with Gasteiger partial charge in [0.25, 0.3) is 8.32 Å². The summed E-state index contributed by atoms with van der Waals surface area (Å²) in [7, 11) is -2.60. The number of hydrogen-bond donors (Lipinski definition) is 2. The number of aliphatic hydroxyl groups excluding tert-OH is 2. The van der Waals surface area contributed by atoms with Crippen molar-refractivity contribution in [2.24, 2.45) is 28.6 Å². The molecule has 7 atom stereocenters. The number of benzene rings is 2. The van der Waals surface area contributed by atoms with Gasteiger partial charge in [0, 0.05) is 6.61 Å². The van der Waals surface area contributed by atoms with Crippen LogP contribution in [0.5, 0.6) is 0 Å². The first-order chi connectivity index (χ1) is 18.9. The van der Waals surface area contributed by atoms with Gasteiger partial charge in [-0.2, -0.15) is 0 Å². The van der Waals surface area contributed by atoms with Crippen LogP contribution >= 0.6 is 0 Å². The Hall–Kier alpha value is -1.72. The summed E-state index contributed by atoms with van der Waals surface area (Å²) in [6.07, 6.45) is 7.00. The highest BCUT2D eigenvalue weighted by Crippen LogP contribution is 2.63. The van der Waals surface area contributed by atoms with E-state index in [4.69, 9.17) is 4.43 Å². The monoisotopic (exact) mass is 560 g/mol. The van der Waals surface area contributed by atoms with Gasteiger partial charge in [0.1, 0.15) is 0 Å². The van der Waals surface area contributed by atoms with E-state index in [2.05, 4.69) is 102 Å². The molecule has 0 amide bonds. The Morgan fingerprint density at radius 2 is 1.48 bits per heavy atom. The summed E-state index contributed by atoms with van der Waals surface area (Å²) in [5.41, 5.74) is 1.46. The van der Waals surface area contributed by atoms with E-state index in [1.165, 1.54) is 22.4 Å². The third-order valence-electron chi connectivity index (χ3n) is 11.7. The van der Waals surface area contributed by atoms with E-state index in [9.17, 15) is 10.2 Å². The maximum Gasteiger partial charge on any atom is 0.261 e. The summed E-state index contributed by atoms with van der Waals surface area (Å²) in [6.45, 7) is 17.1. The van der Waals surface area contributed by atoms with Crippen molar-refractivity contribution in [1.82, 2.24) is 0 Å². The molecule has 2 unspecified atom stereocenters. The zero-order valence-corrected chi connectivity index (χ0v) is 26.5. The first kappa shape index (κ1) is 29.8. The molecular formula is C36H52O3Si. The van der Waals surface area contributed by atoms with Crippen LogP contribution in [0.3, 0.4) is 0 Å². The standard InChI is InChI=1S/C36H52O3Si/c1-26-17-18-31-30(32(20-23-35(26,31)5)36(6)22-19-27(37)25-33(36)38)21-24-39-40(34(2,3)4,28-13-9-7-10-14-28)29-15-11-8-12-16-29/h7-16,27,30-33,37-38H,1,17-25H2,2-6H3/t27-,30-,31?,32?,33-,35+,36+/m0/s1. The number of fused-ring (bicyclic) bond motifs is 1. The zero-order valence-electron chi connectivity index (χ0n) is 25.5. The van der Waals surface area contributed by atoms with E-state index < -0.39 is 14.4 Å². The van der Waals surface area contributed by atoms with Crippen LogP contribution < -0.4 is 10.4 Å². The largest absolute Gasteiger partial charge is 0.407 e. The minimum atomic E-state index is -2.60. The van der Waals surface area contributed by atoms with E-state index in [-0.39, 0.29) is 22.0 Å². The second kappa shape index (κ2) is 11.2. The molecule has 0 aromatic heterocycles. The van der Waals surface area contributed by atoms with Gasteiger partial charge in [-0.25, -0.2) is 0 Å². The molecule has 3 aliphatic carbocycles. The van der Waals surface area contributed by atoms with Crippen LogP contribution in [0.2, 0.25) is 5.04 Å². The van der Waals surface area contributed by atoms with E-state index in [1.54, 1.807) is 0 Å². The minimum Gasteiger partial charge on any atom is -0.407 e. The van der Waals surface area contributed by atoms with Gasteiger partial charge < -0.3 is 14.6 Å². The fraction of sp³-hybridized carbons (Fsp3) is 0.611. The van der Waals surface area contributed by atoms with Gasteiger partial charge in [-0.05, 0) is 95.4 Å². The Morgan fingerprint density at radius 1 is 0.875 bits per heavy atom. The lowest BCUT2D eigenvalue weighted by Gasteiger charge is -2.56. The Bertz CT molecular complexity index is 1120. The van der Waals surface area contributed by atoms with E-state index >= 15 is 0 Å². The molecule has 5 rings (SSSR count). The molecule has 2 aromatic rings. The topological polar surface area (TPSA) is 49.7 Å². The summed E-state index contributed by atoms with van der Waals surface area (Å²) >= 11 is 0. The molecule has 3 fully saturated rings. The van der Waals surface area contributed by atoms with Crippen molar-refractivity contribution in [2.45, 2.75) is 103 Å². The van der Waals surface area contributed by atoms with Gasteiger partial charge in [-0.15, -0.1) is 0 Å². The van der Waals surface area contributed by atoms with Crippen LogP contribution in [0.25, 0.3) is 0 Å². The van der Waals surface area contributed by atoms with Crippen LogP contribution in [0.15, 0.2) is 72.8 Å². The van der Waals surface area contributed by atoms with E-state index in [0.717, 1.165) is 45.1 Å². The molecular weight excluding hydrogens is 508 g/mol. The molecule has 0 heterocycles. The van der Waals surface area contributed by atoms with Crippen molar-refractivity contribution in [3.05, 3.63) is 72.8 Å². The van der Waals surface area contributed by atoms with Crippen molar-refractivity contribution in [3.8, 4) is 0 Å². The summed E-state index contributed by atoms with van der Waals surface area (Å²) in [4.78, 5) is 0. The zero-order chi connectivity index (χ0) is 28.8. The number of aliphatic hydroxyl groups is 2. The molecule has 2 N–H and O–H groups in total. The van der Waals surface area contributed by atoms with Gasteiger partial charge >= 0.3 is 0 Å².